The number of benzene rings is 1. The predicted octanol–water partition coefficient (Wildman–Crippen LogP) is 3.16. The highest BCUT2D eigenvalue weighted by atomic mass is 16.4. The lowest BCUT2D eigenvalue weighted by Gasteiger charge is -1.99. The van der Waals surface area contributed by atoms with Gasteiger partial charge in [0.25, 0.3) is 0 Å². The smallest absolute Gasteiger partial charge is 0.335 e. The molecule has 1 N–H and O–H groups in total. The van der Waals surface area contributed by atoms with Crippen molar-refractivity contribution >= 4 is 5.97 Å². The summed E-state index contributed by atoms with van der Waals surface area (Å²) in [4.78, 5) is 14.9. The van der Waals surface area contributed by atoms with E-state index < -0.39 is 5.97 Å². The molecule has 0 saturated carbocycles. The van der Waals surface area contributed by atoms with E-state index in [1.54, 1.807) is 30.5 Å². The first kappa shape index (κ1) is 11.4. The first-order valence-corrected chi connectivity index (χ1v) is 5.37. The molecular formula is C13H13NO3. The van der Waals surface area contributed by atoms with Crippen LogP contribution < -0.4 is 0 Å². The molecule has 17 heavy (non-hydrogen) atoms. The van der Waals surface area contributed by atoms with Crippen LogP contribution in [0.3, 0.4) is 0 Å². The average molecular weight is 231 g/mol. The van der Waals surface area contributed by atoms with E-state index in [1.807, 2.05) is 13.8 Å². The van der Waals surface area contributed by atoms with Crippen molar-refractivity contribution in [1.29, 1.82) is 0 Å². The Bertz CT molecular complexity index is 526. The van der Waals surface area contributed by atoms with Gasteiger partial charge in [0.2, 0.25) is 0 Å². The van der Waals surface area contributed by atoms with Gasteiger partial charge in [-0.05, 0) is 12.1 Å². The Balaban J connectivity index is 2.30. The van der Waals surface area contributed by atoms with Crippen LogP contribution in [-0.2, 0) is 0 Å². The number of hydrogen-bond donors (Lipinski definition) is 1. The van der Waals surface area contributed by atoms with E-state index in [0.29, 0.717) is 11.7 Å². The molecule has 0 unspecified atom stereocenters. The predicted molar refractivity (Wildman–Crippen MR) is 63.0 cm³/mol. The summed E-state index contributed by atoms with van der Waals surface area (Å²) < 4.78 is 5.57. The standard InChI is InChI=1S/C13H13NO3/c1-8(2)12-14-7-11(17-12)9-3-5-10(6-4-9)13(15)16/h3-8H,1-2H3,(H,15,16). The third-order valence-corrected chi connectivity index (χ3v) is 2.43. The van der Waals surface area contributed by atoms with Crippen molar-refractivity contribution < 1.29 is 14.3 Å². The molecule has 1 aromatic heterocycles. The summed E-state index contributed by atoms with van der Waals surface area (Å²) >= 11 is 0. The number of hydrogen-bond acceptors (Lipinski definition) is 3. The second-order valence-corrected chi connectivity index (χ2v) is 4.10. The monoisotopic (exact) mass is 231 g/mol. The maximum atomic E-state index is 10.7. The minimum absolute atomic E-state index is 0.238. The minimum Gasteiger partial charge on any atom is -0.478 e. The van der Waals surface area contributed by atoms with Gasteiger partial charge in [0.15, 0.2) is 11.7 Å². The largest absolute Gasteiger partial charge is 0.478 e. The topological polar surface area (TPSA) is 63.3 Å². The van der Waals surface area contributed by atoms with E-state index in [1.165, 1.54) is 0 Å². The number of carboxylic acids is 1. The highest BCUT2D eigenvalue weighted by Crippen LogP contribution is 2.23. The second kappa shape index (κ2) is 4.41. The van der Waals surface area contributed by atoms with E-state index in [-0.39, 0.29) is 11.5 Å². The first-order chi connectivity index (χ1) is 8.08. The van der Waals surface area contributed by atoms with Crippen molar-refractivity contribution in [3.63, 3.8) is 0 Å². The number of aromatic carboxylic acids is 1. The van der Waals surface area contributed by atoms with Gasteiger partial charge in [-0.15, -0.1) is 0 Å². The average Bonchev–Trinajstić information content (AvgIpc) is 2.78. The van der Waals surface area contributed by atoms with Gasteiger partial charge in [0.05, 0.1) is 11.8 Å². The summed E-state index contributed by atoms with van der Waals surface area (Å²) in [7, 11) is 0. The van der Waals surface area contributed by atoms with Crippen molar-refractivity contribution in [2.75, 3.05) is 0 Å². The van der Waals surface area contributed by atoms with Crippen LogP contribution >= 0.6 is 0 Å². The van der Waals surface area contributed by atoms with Gasteiger partial charge < -0.3 is 9.52 Å². The van der Waals surface area contributed by atoms with Crippen LogP contribution in [0.5, 0.6) is 0 Å². The molecule has 2 rings (SSSR count). The van der Waals surface area contributed by atoms with E-state index in [4.69, 9.17) is 9.52 Å². The van der Waals surface area contributed by atoms with Crippen LogP contribution in [0.2, 0.25) is 0 Å². The summed E-state index contributed by atoms with van der Waals surface area (Å²) in [6, 6.07) is 6.53. The number of carboxylic acid groups (broad SMARTS) is 1. The van der Waals surface area contributed by atoms with E-state index in [0.717, 1.165) is 5.56 Å². The van der Waals surface area contributed by atoms with E-state index in [9.17, 15) is 4.79 Å². The van der Waals surface area contributed by atoms with Crippen LogP contribution in [0.1, 0.15) is 36.0 Å². The Labute approximate surface area is 98.9 Å². The number of nitrogens with zero attached hydrogens (tertiary/aromatic N) is 1. The molecule has 0 radical (unpaired) electrons. The third-order valence-electron chi connectivity index (χ3n) is 2.43. The van der Waals surface area contributed by atoms with Crippen molar-refractivity contribution in [1.82, 2.24) is 4.98 Å². The van der Waals surface area contributed by atoms with E-state index >= 15 is 0 Å². The van der Waals surface area contributed by atoms with Gasteiger partial charge in [-0.3, -0.25) is 0 Å². The van der Waals surface area contributed by atoms with Crippen LogP contribution in [-0.4, -0.2) is 16.1 Å². The van der Waals surface area contributed by atoms with Crippen molar-refractivity contribution in [3.05, 3.63) is 41.9 Å². The molecule has 0 aliphatic heterocycles. The lowest BCUT2D eigenvalue weighted by Crippen LogP contribution is -1.94. The molecule has 0 saturated heterocycles. The molecule has 0 bridgehead atoms. The second-order valence-electron chi connectivity index (χ2n) is 4.10. The summed E-state index contributed by atoms with van der Waals surface area (Å²) in [5.41, 5.74) is 1.09. The summed E-state index contributed by atoms with van der Waals surface area (Å²) in [5.74, 6) is 0.645. The fourth-order valence-electron chi connectivity index (χ4n) is 1.47. The summed E-state index contributed by atoms with van der Waals surface area (Å²) in [6.07, 6.45) is 1.66. The maximum absolute atomic E-state index is 10.7. The van der Waals surface area contributed by atoms with Gasteiger partial charge in [0, 0.05) is 11.5 Å². The van der Waals surface area contributed by atoms with Crippen molar-refractivity contribution in [2.24, 2.45) is 0 Å². The molecule has 0 spiro atoms. The fraction of sp³-hybridized carbons (Fsp3) is 0.231. The zero-order valence-electron chi connectivity index (χ0n) is 9.68. The number of rotatable bonds is 3. The Morgan fingerprint density at radius 1 is 1.29 bits per heavy atom. The Hall–Kier alpha value is -2.10. The maximum Gasteiger partial charge on any atom is 0.335 e. The highest BCUT2D eigenvalue weighted by Gasteiger charge is 2.10. The van der Waals surface area contributed by atoms with Crippen LogP contribution in [0, 0.1) is 0 Å². The molecule has 0 fully saturated rings. The Morgan fingerprint density at radius 3 is 2.41 bits per heavy atom. The third kappa shape index (κ3) is 2.36. The van der Waals surface area contributed by atoms with Gasteiger partial charge in [-0.1, -0.05) is 26.0 Å². The van der Waals surface area contributed by atoms with Gasteiger partial charge in [0.1, 0.15) is 0 Å². The Morgan fingerprint density at radius 2 is 1.94 bits per heavy atom. The number of carbonyl (C=O) groups is 1. The molecule has 0 aliphatic rings. The molecule has 88 valence electrons. The van der Waals surface area contributed by atoms with Crippen LogP contribution in [0.4, 0.5) is 0 Å². The number of oxazole rings is 1. The van der Waals surface area contributed by atoms with Gasteiger partial charge >= 0.3 is 5.97 Å². The SMILES string of the molecule is CC(C)c1ncc(-c2ccc(C(=O)O)cc2)o1. The van der Waals surface area contributed by atoms with E-state index in [2.05, 4.69) is 4.98 Å². The van der Waals surface area contributed by atoms with Crippen LogP contribution in [0.15, 0.2) is 34.9 Å². The molecule has 0 aliphatic carbocycles. The normalized spacial score (nSPS) is 10.8. The molecule has 4 nitrogen and oxygen atoms in total. The minimum atomic E-state index is -0.933. The fourth-order valence-corrected chi connectivity index (χ4v) is 1.47. The van der Waals surface area contributed by atoms with Gasteiger partial charge in [-0.2, -0.15) is 0 Å². The molecule has 0 atom stereocenters. The molecule has 1 heterocycles. The first-order valence-electron chi connectivity index (χ1n) is 5.37. The summed E-state index contributed by atoms with van der Waals surface area (Å²) in [5, 5.41) is 8.79. The van der Waals surface area contributed by atoms with Crippen molar-refractivity contribution in [2.45, 2.75) is 19.8 Å². The Kier molecular flexibility index (Phi) is 2.95. The zero-order chi connectivity index (χ0) is 12.4. The van der Waals surface area contributed by atoms with Crippen LogP contribution in [0.25, 0.3) is 11.3 Å². The molecule has 4 heteroatoms. The lowest BCUT2D eigenvalue weighted by molar-refractivity contribution is 0.0697. The summed E-state index contributed by atoms with van der Waals surface area (Å²) in [6.45, 7) is 4.01. The molecule has 0 amide bonds. The van der Waals surface area contributed by atoms with Gasteiger partial charge in [-0.25, -0.2) is 9.78 Å². The molecule has 1 aromatic carbocycles. The quantitative estimate of drug-likeness (QED) is 0.881. The van der Waals surface area contributed by atoms with Crippen molar-refractivity contribution in [3.8, 4) is 11.3 Å². The highest BCUT2D eigenvalue weighted by molar-refractivity contribution is 5.88. The molecular weight excluding hydrogens is 218 g/mol. The molecule has 2 aromatic rings. The zero-order valence-corrected chi connectivity index (χ0v) is 9.68. The number of aromatic nitrogens is 1. The lowest BCUT2D eigenvalue weighted by atomic mass is 10.1.